The number of rotatable bonds is 2. The molecule has 2 N–H and O–H groups in total. The van der Waals surface area contributed by atoms with E-state index in [0.29, 0.717) is 11.3 Å². The van der Waals surface area contributed by atoms with Crippen molar-refractivity contribution >= 4 is 11.4 Å². The van der Waals surface area contributed by atoms with E-state index in [1.807, 2.05) is 12.1 Å². The molecule has 1 aromatic carbocycles. The van der Waals surface area contributed by atoms with Gasteiger partial charge in [0, 0.05) is 18.8 Å². The van der Waals surface area contributed by atoms with Gasteiger partial charge < -0.3 is 10.6 Å². The van der Waals surface area contributed by atoms with E-state index in [4.69, 9.17) is 11.0 Å². The molecule has 0 aliphatic carbocycles. The highest BCUT2D eigenvalue weighted by Crippen LogP contribution is 2.29. The van der Waals surface area contributed by atoms with Crippen molar-refractivity contribution in [2.45, 2.75) is 19.8 Å². The molecule has 1 aliphatic heterocycles. The molecule has 0 spiro atoms. The molecule has 2 rings (SSSR count). The predicted octanol–water partition coefficient (Wildman–Crippen LogP) is 2.38. The Bertz CT molecular complexity index is 420. The maximum absolute atomic E-state index is 9.09. The quantitative estimate of drug-likeness (QED) is 0.770. The van der Waals surface area contributed by atoms with Gasteiger partial charge in [0.1, 0.15) is 6.07 Å². The van der Waals surface area contributed by atoms with Crippen LogP contribution in [0.25, 0.3) is 0 Å². The van der Waals surface area contributed by atoms with Crippen LogP contribution in [0.5, 0.6) is 0 Å². The van der Waals surface area contributed by atoms with Gasteiger partial charge in [0.25, 0.3) is 0 Å². The van der Waals surface area contributed by atoms with Crippen molar-refractivity contribution < 1.29 is 0 Å². The maximum atomic E-state index is 9.09. The fourth-order valence-corrected chi connectivity index (χ4v) is 2.30. The van der Waals surface area contributed by atoms with Crippen LogP contribution >= 0.6 is 0 Å². The lowest BCUT2D eigenvalue weighted by molar-refractivity contribution is 0.569. The van der Waals surface area contributed by atoms with Gasteiger partial charge in [-0.25, -0.2) is 0 Å². The SMILES string of the molecule is CCC1CCN(c2ccc(N)cc2C#N)C1. The van der Waals surface area contributed by atoms with Crippen LogP contribution in [0.2, 0.25) is 0 Å². The van der Waals surface area contributed by atoms with E-state index in [2.05, 4.69) is 17.9 Å². The molecule has 0 amide bonds. The molecule has 16 heavy (non-hydrogen) atoms. The van der Waals surface area contributed by atoms with Crippen molar-refractivity contribution in [2.24, 2.45) is 5.92 Å². The van der Waals surface area contributed by atoms with E-state index in [1.165, 1.54) is 12.8 Å². The van der Waals surface area contributed by atoms with Gasteiger partial charge >= 0.3 is 0 Å². The van der Waals surface area contributed by atoms with Crippen LogP contribution in [0.1, 0.15) is 25.3 Å². The Labute approximate surface area is 96.5 Å². The highest BCUT2D eigenvalue weighted by Gasteiger charge is 2.22. The van der Waals surface area contributed by atoms with E-state index in [0.717, 1.165) is 24.7 Å². The molecule has 1 aliphatic rings. The second-order valence-electron chi connectivity index (χ2n) is 4.40. The van der Waals surface area contributed by atoms with Crippen molar-refractivity contribution in [3.8, 4) is 6.07 Å². The summed E-state index contributed by atoms with van der Waals surface area (Å²) in [6.07, 6.45) is 2.44. The zero-order valence-corrected chi connectivity index (χ0v) is 9.61. The Kier molecular flexibility index (Phi) is 3.00. The van der Waals surface area contributed by atoms with Crippen LogP contribution in [0.15, 0.2) is 18.2 Å². The summed E-state index contributed by atoms with van der Waals surface area (Å²) in [5.74, 6) is 0.768. The molecule has 1 atom stereocenters. The first kappa shape index (κ1) is 10.8. The third-order valence-corrected chi connectivity index (χ3v) is 3.34. The number of nitriles is 1. The average Bonchev–Trinajstić information content (AvgIpc) is 2.77. The fourth-order valence-electron chi connectivity index (χ4n) is 2.30. The van der Waals surface area contributed by atoms with Crippen LogP contribution < -0.4 is 10.6 Å². The summed E-state index contributed by atoms with van der Waals surface area (Å²) in [6.45, 7) is 4.34. The summed E-state index contributed by atoms with van der Waals surface area (Å²) in [4.78, 5) is 2.30. The zero-order chi connectivity index (χ0) is 11.5. The molecule has 0 saturated carbocycles. The highest BCUT2D eigenvalue weighted by atomic mass is 15.2. The van der Waals surface area contributed by atoms with Gasteiger partial charge in [0.2, 0.25) is 0 Å². The number of nitrogen functional groups attached to an aromatic ring is 1. The Balaban J connectivity index is 2.25. The smallest absolute Gasteiger partial charge is 0.101 e. The van der Waals surface area contributed by atoms with E-state index < -0.39 is 0 Å². The molecule has 3 nitrogen and oxygen atoms in total. The van der Waals surface area contributed by atoms with Crippen LogP contribution in [0.3, 0.4) is 0 Å². The molecule has 3 heteroatoms. The standard InChI is InChI=1S/C13H17N3/c1-2-10-5-6-16(9-10)13-4-3-12(15)7-11(13)8-14/h3-4,7,10H,2,5-6,9,15H2,1H3. The topological polar surface area (TPSA) is 53.0 Å². The molecule has 1 saturated heterocycles. The summed E-state index contributed by atoms with van der Waals surface area (Å²) >= 11 is 0. The summed E-state index contributed by atoms with van der Waals surface area (Å²) in [7, 11) is 0. The number of anilines is 2. The van der Waals surface area contributed by atoms with Crippen LogP contribution in [0, 0.1) is 17.2 Å². The predicted molar refractivity (Wildman–Crippen MR) is 66.2 cm³/mol. The zero-order valence-electron chi connectivity index (χ0n) is 9.61. The Morgan fingerprint density at radius 2 is 2.38 bits per heavy atom. The molecule has 0 radical (unpaired) electrons. The molecule has 1 heterocycles. The van der Waals surface area contributed by atoms with Crippen LogP contribution in [0.4, 0.5) is 11.4 Å². The third-order valence-electron chi connectivity index (χ3n) is 3.34. The Morgan fingerprint density at radius 3 is 3.00 bits per heavy atom. The summed E-state index contributed by atoms with van der Waals surface area (Å²) in [5, 5.41) is 9.09. The lowest BCUT2D eigenvalue weighted by atomic mass is 10.1. The molecular formula is C13H17N3. The highest BCUT2D eigenvalue weighted by molar-refractivity contribution is 5.64. The van der Waals surface area contributed by atoms with E-state index >= 15 is 0 Å². The third kappa shape index (κ3) is 1.96. The molecule has 84 valence electrons. The molecule has 1 fully saturated rings. The number of benzene rings is 1. The van der Waals surface area contributed by atoms with E-state index in [-0.39, 0.29) is 0 Å². The minimum absolute atomic E-state index is 0.659. The van der Waals surface area contributed by atoms with Gasteiger partial charge in [-0.1, -0.05) is 13.3 Å². The second-order valence-corrected chi connectivity index (χ2v) is 4.40. The van der Waals surface area contributed by atoms with Gasteiger partial charge in [0.05, 0.1) is 11.3 Å². The van der Waals surface area contributed by atoms with Gasteiger partial charge in [-0.15, -0.1) is 0 Å². The number of nitrogens with zero attached hydrogens (tertiary/aromatic N) is 2. The monoisotopic (exact) mass is 215 g/mol. The normalized spacial score (nSPS) is 19.8. The molecule has 0 aromatic heterocycles. The first-order valence-corrected chi connectivity index (χ1v) is 5.79. The van der Waals surface area contributed by atoms with Crippen LogP contribution in [-0.2, 0) is 0 Å². The second kappa shape index (κ2) is 4.44. The van der Waals surface area contributed by atoms with Crippen molar-refractivity contribution in [3.63, 3.8) is 0 Å². The van der Waals surface area contributed by atoms with Gasteiger partial charge in [-0.3, -0.25) is 0 Å². The van der Waals surface area contributed by atoms with Crippen molar-refractivity contribution in [1.29, 1.82) is 5.26 Å². The number of nitrogens with two attached hydrogens (primary N) is 1. The summed E-state index contributed by atoms with van der Waals surface area (Å²) < 4.78 is 0. The fraction of sp³-hybridized carbons (Fsp3) is 0.462. The van der Waals surface area contributed by atoms with Crippen molar-refractivity contribution in [3.05, 3.63) is 23.8 Å². The molecular weight excluding hydrogens is 198 g/mol. The van der Waals surface area contributed by atoms with Crippen molar-refractivity contribution in [2.75, 3.05) is 23.7 Å². The molecule has 1 aromatic rings. The molecule has 0 bridgehead atoms. The largest absolute Gasteiger partial charge is 0.399 e. The Hall–Kier alpha value is -1.69. The van der Waals surface area contributed by atoms with Crippen molar-refractivity contribution in [1.82, 2.24) is 0 Å². The Morgan fingerprint density at radius 1 is 1.56 bits per heavy atom. The lowest BCUT2D eigenvalue weighted by Gasteiger charge is -2.20. The van der Waals surface area contributed by atoms with Crippen LogP contribution in [-0.4, -0.2) is 13.1 Å². The first-order valence-electron chi connectivity index (χ1n) is 5.79. The number of hydrogen-bond donors (Lipinski definition) is 1. The molecule has 1 unspecified atom stereocenters. The maximum Gasteiger partial charge on any atom is 0.101 e. The van der Waals surface area contributed by atoms with Gasteiger partial charge in [-0.2, -0.15) is 5.26 Å². The lowest BCUT2D eigenvalue weighted by Crippen LogP contribution is -2.20. The minimum Gasteiger partial charge on any atom is -0.399 e. The number of hydrogen-bond acceptors (Lipinski definition) is 3. The van der Waals surface area contributed by atoms with E-state index in [1.54, 1.807) is 6.07 Å². The first-order chi connectivity index (χ1) is 7.74. The van der Waals surface area contributed by atoms with Gasteiger partial charge in [-0.05, 0) is 30.5 Å². The van der Waals surface area contributed by atoms with Gasteiger partial charge in [0.15, 0.2) is 0 Å². The van der Waals surface area contributed by atoms with E-state index in [9.17, 15) is 0 Å². The minimum atomic E-state index is 0.659. The summed E-state index contributed by atoms with van der Waals surface area (Å²) in [5.41, 5.74) is 8.07. The average molecular weight is 215 g/mol. The summed E-state index contributed by atoms with van der Waals surface area (Å²) in [6, 6.07) is 7.82.